The molecule has 2 heteroatoms. The van der Waals surface area contributed by atoms with E-state index in [0.717, 1.165) is 24.0 Å². The molecule has 1 aliphatic rings. The highest BCUT2D eigenvalue weighted by Gasteiger charge is 2.26. The number of ketones is 1. The second kappa shape index (κ2) is 5.14. The molecule has 17 heavy (non-hydrogen) atoms. The van der Waals surface area contributed by atoms with Crippen LogP contribution in [0.4, 0.5) is 0 Å². The number of nitrogens with zero attached hydrogens (tertiary/aromatic N) is 1. The summed E-state index contributed by atoms with van der Waals surface area (Å²) in [4.78, 5) is 12.0. The Kier molecular flexibility index (Phi) is 3.58. The molecule has 1 aliphatic carbocycles. The second-order valence-corrected chi connectivity index (χ2v) is 4.94. The molecule has 0 aliphatic heterocycles. The highest BCUT2D eigenvalue weighted by molar-refractivity contribution is 5.88. The summed E-state index contributed by atoms with van der Waals surface area (Å²) in [5.74, 6) is 0.0426. The molecule has 0 spiro atoms. The fourth-order valence-electron chi connectivity index (χ4n) is 2.19. The number of carbonyl (C=O) groups excluding carboxylic acids is 1. The first-order valence-electron chi connectivity index (χ1n) is 6.19. The minimum absolute atomic E-state index is 0.0843. The summed E-state index contributed by atoms with van der Waals surface area (Å²) in [7, 11) is 0. The molecule has 1 saturated carbocycles. The maximum absolute atomic E-state index is 12.0. The molecule has 1 aromatic carbocycles. The fourth-order valence-corrected chi connectivity index (χ4v) is 2.19. The molecule has 0 amide bonds. The van der Waals surface area contributed by atoms with E-state index < -0.39 is 5.92 Å². The summed E-state index contributed by atoms with van der Waals surface area (Å²) in [5, 5.41) is 9.15. The largest absolute Gasteiger partial charge is 0.298 e. The van der Waals surface area contributed by atoms with E-state index in [1.807, 2.05) is 31.2 Å². The first-order chi connectivity index (χ1) is 8.20. The zero-order chi connectivity index (χ0) is 12.3. The van der Waals surface area contributed by atoms with E-state index in [-0.39, 0.29) is 5.78 Å². The van der Waals surface area contributed by atoms with E-state index >= 15 is 0 Å². The molecule has 1 aromatic rings. The van der Waals surface area contributed by atoms with Crippen LogP contribution in [0.3, 0.4) is 0 Å². The predicted molar refractivity (Wildman–Crippen MR) is 66.5 cm³/mol. The van der Waals surface area contributed by atoms with Crippen LogP contribution in [0.15, 0.2) is 24.3 Å². The third kappa shape index (κ3) is 2.74. The van der Waals surface area contributed by atoms with Crippen molar-refractivity contribution in [3.05, 3.63) is 35.4 Å². The van der Waals surface area contributed by atoms with Crippen LogP contribution in [0.1, 0.15) is 42.7 Å². The summed E-state index contributed by atoms with van der Waals surface area (Å²) >= 11 is 0. The highest BCUT2D eigenvalue weighted by atomic mass is 16.1. The lowest BCUT2D eigenvalue weighted by molar-refractivity contribution is -0.120. The van der Waals surface area contributed by atoms with Crippen LogP contribution < -0.4 is 0 Å². The van der Waals surface area contributed by atoms with Crippen LogP contribution in [0.2, 0.25) is 0 Å². The maximum atomic E-state index is 12.0. The third-order valence-electron chi connectivity index (χ3n) is 3.58. The zero-order valence-electron chi connectivity index (χ0n) is 10.1. The zero-order valence-corrected chi connectivity index (χ0v) is 10.1. The van der Waals surface area contributed by atoms with Crippen LogP contribution in [-0.4, -0.2) is 5.78 Å². The van der Waals surface area contributed by atoms with Crippen molar-refractivity contribution in [1.29, 1.82) is 5.26 Å². The molecule has 0 N–H and O–H groups in total. The van der Waals surface area contributed by atoms with Gasteiger partial charge in [-0.05, 0) is 18.4 Å². The van der Waals surface area contributed by atoms with E-state index in [2.05, 4.69) is 6.07 Å². The summed E-state index contributed by atoms with van der Waals surface area (Å²) in [5.41, 5.74) is 1.99. The average Bonchev–Trinajstić information content (AvgIpc) is 2.27. The van der Waals surface area contributed by atoms with Crippen molar-refractivity contribution >= 4 is 5.78 Å². The van der Waals surface area contributed by atoms with Crippen molar-refractivity contribution in [2.45, 2.75) is 38.5 Å². The molecule has 1 fully saturated rings. The quantitative estimate of drug-likeness (QED) is 0.791. The molecule has 0 radical (unpaired) electrons. The smallest absolute Gasteiger partial charge is 0.154 e. The van der Waals surface area contributed by atoms with Gasteiger partial charge in [0.15, 0.2) is 5.78 Å². The van der Waals surface area contributed by atoms with Gasteiger partial charge in [0, 0.05) is 6.42 Å². The van der Waals surface area contributed by atoms with Gasteiger partial charge in [-0.2, -0.15) is 5.26 Å². The van der Waals surface area contributed by atoms with Gasteiger partial charge in [0.1, 0.15) is 5.92 Å². The van der Waals surface area contributed by atoms with Crippen LogP contribution in [-0.2, 0) is 4.79 Å². The predicted octanol–water partition coefficient (Wildman–Crippen LogP) is 3.36. The van der Waals surface area contributed by atoms with Crippen molar-refractivity contribution in [1.82, 2.24) is 0 Å². The minimum atomic E-state index is -0.573. The lowest BCUT2D eigenvalue weighted by Gasteiger charge is -2.25. The number of hydrogen-bond donors (Lipinski definition) is 0. The standard InChI is InChI=1S/C15H17NO/c1-11-5-7-13(8-6-11)14(10-16)15(17)9-12-3-2-4-12/h5-8,12,14H,2-4,9H2,1H3. The van der Waals surface area contributed by atoms with Crippen LogP contribution in [0.25, 0.3) is 0 Å². The number of benzene rings is 1. The molecule has 2 rings (SSSR count). The molecular formula is C15H17NO. The van der Waals surface area contributed by atoms with E-state index in [4.69, 9.17) is 5.26 Å². The number of carbonyl (C=O) groups is 1. The van der Waals surface area contributed by atoms with E-state index in [1.54, 1.807) is 0 Å². The molecule has 1 atom stereocenters. The molecule has 2 nitrogen and oxygen atoms in total. The number of nitriles is 1. The number of Topliss-reactive ketones (excluding diaryl/α,β-unsaturated/α-hetero) is 1. The van der Waals surface area contributed by atoms with Gasteiger partial charge in [-0.3, -0.25) is 4.79 Å². The topological polar surface area (TPSA) is 40.9 Å². The van der Waals surface area contributed by atoms with Crippen LogP contribution in [0, 0.1) is 24.2 Å². The minimum Gasteiger partial charge on any atom is -0.298 e. The van der Waals surface area contributed by atoms with Crippen molar-refractivity contribution < 1.29 is 4.79 Å². The Morgan fingerprint density at radius 3 is 2.53 bits per heavy atom. The van der Waals surface area contributed by atoms with Gasteiger partial charge in [-0.15, -0.1) is 0 Å². The molecule has 0 saturated heterocycles. The molecule has 0 aromatic heterocycles. The van der Waals surface area contributed by atoms with Gasteiger partial charge in [0.05, 0.1) is 6.07 Å². The van der Waals surface area contributed by atoms with Gasteiger partial charge < -0.3 is 0 Å². The Balaban J connectivity index is 2.07. The van der Waals surface area contributed by atoms with Gasteiger partial charge in [-0.1, -0.05) is 49.1 Å². The summed E-state index contributed by atoms with van der Waals surface area (Å²) in [6, 6.07) is 9.83. The molecular weight excluding hydrogens is 210 g/mol. The molecule has 1 unspecified atom stereocenters. The Labute approximate surface area is 102 Å². The molecule has 0 bridgehead atoms. The van der Waals surface area contributed by atoms with Gasteiger partial charge in [0.25, 0.3) is 0 Å². The summed E-state index contributed by atoms with van der Waals surface area (Å²) in [6.07, 6.45) is 4.11. The van der Waals surface area contributed by atoms with Gasteiger partial charge in [0.2, 0.25) is 0 Å². The van der Waals surface area contributed by atoms with Crippen molar-refractivity contribution in [3.63, 3.8) is 0 Å². The lowest BCUT2D eigenvalue weighted by atomic mass is 9.79. The SMILES string of the molecule is Cc1ccc(C(C#N)C(=O)CC2CCC2)cc1. The summed E-state index contributed by atoms with van der Waals surface area (Å²) < 4.78 is 0. The number of aryl methyl sites for hydroxylation is 1. The first-order valence-corrected chi connectivity index (χ1v) is 6.19. The van der Waals surface area contributed by atoms with E-state index in [1.165, 1.54) is 6.42 Å². The van der Waals surface area contributed by atoms with E-state index in [9.17, 15) is 4.79 Å². The summed E-state index contributed by atoms with van der Waals surface area (Å²) in [6.45, 7) is 2.00. The average molecular weight is 227 g/mol. The Hall–Kier alpha value is -1.62. The van der Waals surface area contributed by atoms with E-state index in [0.29, 0.717) is 12.3 Å². The molecule has 0 heterocycles. The fraction of sp³-hybridized carbons (Fsp3) is 0.467. The highest BCUT2D eigenvalue weighted by Crippen LogP contribution is 2.32. The van der Waals surface area contributed by atoms with Gasteiger partial charge in [-0.25, -0.2) is 0 Å². The maximum Gasteiger partial charge on any atom is 0.154 e. The lowest BCUT2D eigenvalue weighted by Crippen LogP contribution is -2.20. The number of hydrogen-bond acceptors (Lipinski definition) is 2. The van der Waals surface area contributed by atoms with Crippen molar-refractivity contribution in [3.8, 4) is 6.07 Å². The monoisotopic (exact) mass is 227 g/mol. The number of rotatable bonds is 4. The Morgan fingerprint density at radius 1 is 1.41 bits per heavy atom. The Bertz CT molecular complexity index is 437. The third-order valence-corrected chi connectivity index (χ3v) is 3.58. The Morgan fingerprint density at radius 2 is 2.06 bits per heavy atom. The first kappa shape index (κ1) is 11.9. The van der Waals surface area contributed by atoms with Gasteiger partial charge >= 0.3 is 0 Å². The van der Waals surface area contributed by atoms with Crippen molar-refractivity contribution in [2.24, 2.45) is 5.92 Å². The van der Waals surface area contributed by atoms with Crippen LogP contribution >= 0.6 is 0 Å². The normalized spacial score (nSPS) is 16.9. The second-order valence-electron chi connectivity index (χ2n) is 4.94. The molecule has 88 valence electrons. The van der Waals surface area contributed by atoms with Crippen LogP contribution in [0.5, 0.6) is 0 Å². The van der Waals surface area contributed by atoms with Crippen molar-refractivity contribution in [2.75, 3.05) is 0 Å².